The summed E-state index contributed by atoms with van der Waals surface area (Å²) in [7, 11) is -3.28. The summed E-state index contributed by atoms with van der Waals surface area (Å²) in [4.78, 5) is 24.5. The summed E-state index contributed by atoms with van der Waals surface area (Å²) < 4.78 is 35.6. The van der Waals surface area contributed by atoms with Gasteiger partial charge in [-0.3, -0.25) is 14.2 Å². The second-order valence-electron chi connectivity index (χ2n) is 7.18. The minimum atomic E-state index is -3.28. The van der Waals surface area contributed by atoms with Gasteiger partial charge < -0.3 is 9.47 Å². The standard InChI is InChI=1S/C21H25NO6S/c1-3-27-21(24)15-4-8-17(9-5-15)28-18-12-13-22(20(23)14-18)16-6-10-19(11-7-16)29(2,25)26/h6-7,10-15,17H,3-5,8-9H2,1-2H3/t15-,17+. The van der Waals surface area contributed by atoms with Crippen molar-refractivity contribution in [2.45, 2.75) is 43.6 Å². The summed E-state index contributed by atoms with van der Waals surface area (Å²) in [6.45, 7) is 2.19. The number of carbonyl (C=O) groups excluding carboxylic acids is 1. The second-order valence-corrected chi connectivity index (χ2v) is 9.20. The van der Waals surface area contributed by atoms with Gasteiger partial charge in [-0.2, -0.15) is 0 Å². The van der Waals surface area contributed by atoms with Crippen molar-refractivity contribution in [3.05, 3.63) is 52.9 Å². The van der Waals surface area contributed by atoms with Gasteiger partial charge in [0.05, 0.1) is 23.5 Å². The lowest BCUT2D eigenvalue weighted by atomic mass is 9.87. The van der Waals surface area contributed by atoms with Crippen LogP contribution in [0.1, 0.15) is 32.6 Å². The lowest BCUT2D eigenvalue weighted by Gasteiger charge is -2.27. The summed E-state index contributed by atoms with van der Waals surface area (Å²) >= 11 is 0. The molecule has 1 heterocycles. The molecule has 0 saturated heterocycles. The predicted octanol–water partition coefficient (Wildman–Crippen LogP) is 2.74. The van der Waals surface area contributed by atoms with Crippen LogP contribution in [0.15, 0.2) is 52.3 Å². The van der Waals surface area contributed by atoms with Crippen LogP contribution in [0.5, 0.6) is 5.75 Å². The highest BCUT2D eigenvalue weighted by Crippen LogP contribution is 2.28. The Bertz CT molecular complexity index is 1020. The number of pyridine rings is 1. The van der Waals surface area contributed by atoms with E-state index < -0.39 is 9.84 Å². The topological polar surface area (TPSA) is 91.7 Å². The largest absolute Gasteiger partial charge is 0.490 e. The van der Waals surface area contributed by atoms with E-state index in [0.717, 1.165) is 19.1 Å². The molecular weight excluding hydrogens is 394 g/mol. The Morgan fingerprint density at radius 2 is 1.76 bits per heavy atom. The quantitative estimate of drug-likeness (QED) is 0.669. The number of benzene rings is 1. The van der Waals surface area contributed by atoms with E-state index >= 15 is 0 Å². The molecule has 1 aliphatic rings. The third-order valence-electron chi connectivity index (χ3n) is 5.03. The molecule has 1 saturated carbocycles. The fourth-order valence-corrected chi connectivity index (χ4v) is 4.10. The molecule has 0 N–H and O–H groups in total. The number of nitrogens with zero attached hydrogens (tertiary/aromatic N) is 1. The van der Waals surface area contributed by atoms with E-state index in [0.29, 0.717) is 30.9 Å². The van der Waals surface area contributed by atoms with Crippen molar-refractivity contribution in [3.8, 4) is 11.4 Å². The number of rotatable bonds is 6. The van der Waals surface area contributed by atoms with Gasteiger partial charge in [-0.1, -0.05) is 0 Å². The molecule has 0 unspecified atom stereocenters. The Morgan fingerprint density at radius 1 is 1.10 bits per heavy atom. The zero-order valence-corrected chi connectivity index (χ0v) is 17.4. The van der Waals surface area contributed by atoms with Crippen molar-refractivity contribution < 1.29 is 22.7 Å². The van der Waals surface area contributed by atoms with E-state index in [1.54, 1.807) is 31.3 Å². The van der Waals surface area contributed by atoms with Crippen LogP contribution in [0.4, 0.5) is 0 Å². The Kier molecular flexibility index (Phi) is 6.42. The number of sulfone groups is 1. The fraction of sp³-hybridized carbons (Fsp3) is 0.429. The zero-order chi connectivity index (χ0) is 21.0. The van der Waals surface area contributed by atoms with Gasteiger partial charge in [-0.15, -0.1) is 0 Å². The fourth-order valence-electron chi connectivity index (χ4n) is 3.47. The maximum Gasteiger partial charge on any atom is 0.308 e. The van der Waals surface area contributed by atoms with Gasteiger partial charge in [0.25, 0.3) is 5.56 Å². The molecule has 29 heavy (non-hydrogen) atoms. The normalized spacial score (nSPS) is 19.5. The molecule has 1 fully saturated rings. The Labute approximate surface area is 170 Å². The Morgan fingerprint density at radius 3 is 2.31 bits per heavy atom. The molecule has 1 aliphatic carbocycles. The maximum absolute atomic E-state index is 12.5. The minimum Gasteiger partial charge on any atom is -0.490 e. The van der Waals surface area contributed by atoms with Crippen molar-refractivity contribution >= 4 is 15.8 Å². The summed E-state index contributed by atoms with van der Waals surface area (Å²) in [5.74, 6) is 0.270. The van der Waals surface area contributed by atoms with Crippen molar-refractivity contribution in [2.24, 2.45) is 5.92 Å². The highest BCUT2D eigenvalue weighted by molar-refractivity contribution is 7.90. The van der Waals surface area contributed by atoms with Gasteiger partial charge in [-0.25, -0.2) is 8.42 Å². The smallest absolute Gasteiger partial charge is 0.308 e. The van der Waals surface area contributed by atoms with Crippen LogP contribution in [-0.4, -0.2) is 37.9 Å². The molecule has 3 rings (SSSR count). The molecule has 156 valence electrons. The average molecular weight is 419 g/mol. The van der Waals surface area contributed by atoms with Crippen LogP contribution in [-0.2, 0) is 19.4 Å². The van der Waals surface area contributed by atoms with Crippen molar-refractivity contribution in [2.75, 3.05) is 12.9 Å². The van der Waals surface area contributed by atoms with Crippen LogP contribution in [0.25, 0.3) is 5.69 Å². The van der Waals surface area contributed by atoms with E-state index in [4.69, 9.17) is 9.47 Å². The molecule has 1 aromatic carbocycles. The van der Waals surface area contributed by atoms with Crippen LogP contribution in [0.2, 0.25) is 0 Å². The molecule has 0 radical (unpaired) electrons. The van der Waals surface area contributed by atoms with Gasteiger partial charge in [0.2, 0.25) is 0 Å². The highest BCUT2D eigenvalue weighted by Gasteiger charge is 2.28. The lowest BCUT2D eigenvalue weighted by Crippen LogP contribution is -2.29. The Hall–Kier alpha value is -2.61. The molecule has 2 aromatic rings. The van der Waals surface area contributed by atoms with Crippen molar-refractivity contribution in [3.63, 3.8) is 0 Å². The predicted molar refractivity (Wildman–Crippen MR) is 108 cm³/mol. The number of carbonyl (C=O) groups is 1. The molecule has 8 heteroatoms. The summed E-state index contributed by atoms with van der Waals surface area (Å²) in [6.07, 6.45) is 5.61. The van der Waals surface area contributed by atoms with Crippen molar-refractivity contribution in [1.29, 1.82) is 0 Å². The van der Waals surface area contributed by atoms with Gasteiger partial charge in [0, 0.05) is 24.2 Å². The number of hydrogen-bond donors (Lipinski definition) is 0. The molecule has 0 bridgehead atoms. The van der Waals surface area contributed by atoms with Crippen LogP contribution < -0.4 is 10.3 Å². The van der Waals surface area contributed by atoms with Crippen molar-refractivity contribution in [1.82, 2.24) is 4.57 Å². The van der Waals surface area contributed by atoms with E-state index in [1.807, 2.05) is 0 Å². The first-order chi connectivity index (χ1) is 13.8. The highest BCUT2D eigenvalue weighted by atomic mass is 32.2. The zero-order valence-electron chi connectivity index (χ0n) is 16.5. The number of aromatic nitrogens is 1. The SMILES string of the molecule is CCOC(=O)[C@H]1CC[C@@H](Oc2ccn(-c3ccc(S(C)(=O)=O)cc3)c(=O)c2)CC1. The van der Waals surface area contributed by atoms with Crippen LogP contribution in [0.3, 0.4) is 0 Å². The number of hydrogen-bond acceptors (Lipinski definition) is 6. The molecule has 0 atom stereocenters. The van der Waals surface area contributed by atoms with Gasteiger partial charge in [0.1, 0.15) is 5.75 Å². The van der Waals surface area contributed by atoms with Gasteiger partial charge >= 0.3 is 5.97 Å². The maximum atomic E-state index is 12.5. The lowest BCUT2D eigenvalue weighted by molar-refractivity contribution is -0.149. The summed E-state index contributed by atoms with van der Waals surface area (Å²) in [6, 6.07) is 9.27. The van der Waals surface area contributed by atoms with E-state index in [9.17, 15) is 18.0 Å². The molecule has 7 nitrogen and oxygen atoms in total. The van der Waals surface area contributed by atoms with E-state index in [1.165, 1.54) is 22.8 Å². The van der Waals surface area contributed by atoms with E-state index in [2.05, 4.69) is 0 Å². The summed E-state index contributed by atoms with van der Waals surface area (Å²) in [5.41, 5.74) is 0.304. The molecule has 0 spiro atoms. The molecule has 0 aliphatic heterocycles. The molecule has 0 amide bonds. The molecular formula is C21H25NO6S. The first-order valence-electron chi connectivity index (χ1n) is 9.64. The third-order valence-corrected chi connectivity index (χ3v) is 6.16. The number of ether oxygens (including phenoxy) is 2. The van der Waals surface area contributed by atoms with Crippen LogP contribution in [0, 0.1) is 5.92 Å². The Balaban J connectivity index is 1.65. The number of esters is 1. The second kappa shape index (κ2) is 8.82. The van der Waals surface area contributed by atoms with Crippen LogP contribution >= 0.6 is 0 Å². The first-order valence-corrected chi connectivity index (χ1v) is 11.5. The van der Waals surface area contributed by atoms with Gasteiger partial charge in [-0.05, 0) is 62.9 Å². The van der Waals surface area contributed by atoms with Gasteiger partial charge in [0.15, 0.2) is 9.84 Å². The monoisotopic (exact) mass is 419 g/mol. The average Bonchev–Trinajstić information content (AvgIpc) is 2.68. The van der Waals surface area contributed by atoms with E-state index in [-0.39, 0.29) is 28.4 Å². The molecule has 1 aromatic heterocycles. The summed E-state index contributed by atoms with van der Waals surface area (Å²) in [5, 5.41) is 0. The third kappa shape index (κ3) is 5.26. The first kappa shape index (κ1) is 21.1. The minimum absolute atomic E-state index is 0.0371.